The highest BCUT2D eigenvalue weighted by Gasteiger charge is 2.25. The minimum absolute atomic E-state index is 0.0322. The predicted molar refractivity (Wildman–Crippen MR) is 164 cm³/mol. The van der Waals surface area contributed by atoms with Gasteiger partial charge in [0.1, 0.15) is 36.3 Å². The molecule has 10 nitrogen and oxygen atoms in total. The molecule has 0 radical (unpaired) electrons. The molecule has 12 heteroatoms. The molecule has 236 valence electrons. The molecule has 0 aliphatic carbocycles. The van der Waals surface area contributed by atoms with Crippen LogP contribution in [0.25, 0.3) is 10.9 Å². The maximum absolute atomic E-state index is 15.1. The van der Waals surface area contributed by atoms with Gasteiger partial charge >= 0.3 is 6.03 Å². The normalized spacial score (nSPS) is 15.4. The number of hydrogen-bond acceptors (Lipinski definition) is 8. The second kappa shape index (κ2) is 14.0. The maximum Gasteiger partial charge on any atom is 0.319 e. The largest absolute Gasteiger partial charge is 0.489 e. The van der Waals surface area contributed by atoms with Crippen LogP contribution in [0.4, 0.5) is 19.3 Å². The molecule has 1 saturated heterocycles. The predicted octanol–water partition coefficient (Wildman–Crippen LogP) is 6.06. The van der Waals surface area contributed by atoms with Gasteiger partial charge in [-0.15, -0.1) is 0 Å². The van der Waals surface area contributed by atoms with Gasteiger partial charge in [0, 0.05) is 38.0 Å². The molecule has 4 aromatic rings. The molecular weight excluding hydrogens is 586 g/mol. The van der Waals surface area contributed by atoms with E-state index in [-0.39, 0.29) is 17.3 Å². The Bertz CT molecular complexity index is 1650. The first kappa shape index (κ1) is 30.4. The van der Waals surface area contributed by atoms with Crippen molar-refractivity contribution in [1.82, 2.24) is 15.2 Å². The number of carbonyl (C=O) groups excluding carboxylic acids is 1. The van der Waals surface area contributed by atoms with Gasteiger partial charge in [-0.1, -0.05) is 12.1 Å². The van der Waals surface area contributed by atoms with Gasteiger partial charge in [-0.05, 0) is 49.2 Å². The monoisotopic (exact) mass is 620 g/mol. The number of hydrogen-bond donors (Lipinski definition) is 2. The second-order valence-corrected chi connectivity index (χ2v) is 10.7. The lowest BCUT2D eigenvalue weighted by Crippen LogP contribution is -2.37. The lowest BCUT2D eigenvalue weighted by atomic mass is 10.1. The van der Waals surface area contributed by atoms with E-state index in [0.717, 1.165) is 39.3 Å². The van der Waals surface area contributed by atoms with E-state index in [1.807, 2.05) is 0 Å². The molecule has 0 saturated carbocycles. The van der Waals surface area contributed by atoms with E-state index in [4.69, 9.17) is 23.7 Å². The van der Waals surface area contributed by atoms with E-state index >= 15 is 4.39 Å². The van der Waals surface area contributed by atoms with Gasteiger partial charge in [-0.2, -0.15) is 0 Å². The van der Waals surface area contributed by atoms with Gasteiger partial charge in [0.05, 0.1) is 42.5 Å². The fraction of sp³-hybridized carbons (Fsp3) is 0.333. The zero-order valence-corrected chi connectivity index (χ0v) is 24.8. The van der Waals surface area contributed by atoms with E-state index in [2.05, 4.69) is 20.5 Å². The summed E-state index contributed by atoms with van der Waals surface area (Å²) in [5.74, 6) is 1.01. The third kappa shape index (κ3) is 7.35. The number of morpholine rings is 1. The molecule has 3 aromatic carbocycles. The van der Waals surface area contributed by atoms with E-state index in [0.29, 0.717) is 59.3 Å². The first-order valence-corrected chi connectivity index (χ1v) is 14.9. The highest BCUT2D eigenvalue weighted by atomic mass is 19.1. The van der Waals surface area contributed by atoms with E-state index in [9.17, 15) is 9.18 Å². The fourth-order valence-corrected chi connectivity index (χ4v) is 5.24. The number of nitrogens with zero attached hydrogens (tertiary/aromatic N) is 2. The number of benzene rings is 3. The number of fused-ring (bicyclic) bond motifs is 3. The maximum atomic E-state index is 15.1. The Balaban J connectivity index is 1.14. The second-order valence-electron chi connectivity index (χ2n) is 10.7. The number of pyridine rings is 1. The van der Waals surface area contributed by atoms with Crippen LogP contribution in [-0.4, -0.2) is 68.6 Å². The van der Waals surface area contributed by atoms with Crippen LogP contribution in [0.15, 0.2) is 60.8 Å². The summed E-state index contributed by atoms with van der Waals surface area (Å²) in [6.07, 6.45) is 2.43. The van der Waals surface area contributed by atoms with Gasteiger partial charge in [0.2, 0.25) is 5.75 Å². The summed E-state index contributed by atoms with van der Waals surface area (Å²) in [4.78, 5) is 19.4. The fourth-order valence-electron chi connectivity index (χ4n) is 5.24. The van der Waals surface area contributed by atoms with Crippen LogP contribution < -0.4 is 29.6 Å². The Morgan fingerprint density at radius 2 is 1.76 bits per heavy atom. The zero-order chi connectivity index (χ0) is 31.2. The SMILES string of the molecule is C[C@@H](NC(=O)Nc1ccc(Oc2ccnc3cc(OCCCN4CCOCC4)c4c(c23)OCCO4)cc1F)c1ccc(F)cc1. The zero-order valence-electron chi connectivity index (χ0n) is 24.8. The molecule has 2 aliphatic rings. The molecule has 45 heavy (non-hydrogen) atoms. The Labute approximate surface area is 259 Å². The van der Waals surface area contributed by atoms with Gasteiger partial charge in [0.15, 0.2) is 11.5 Å². The van der Waals surface area contributed by atoms with Crippen molar-refractivity contribution in [2.45, 2.75) is 19.4 Å². The summed E-state index contributed by atoms with van der Waals surface area (Å²) >= 11 is 0. The summed E-state index contributed by atoms with van der Waals surface area (Å²) in [6.45, 7) is 7.22. The molecule has 1 atom stereocenters. The number of urea groups is 1. The van der Waals surface area contributed by atoms with Crippen molar-refractivity contribution in [2.75, 3.05) is 58.0 Å². The van der Waals surface area contributed by atoms with E-state index < -0.39 is 17.9 Å². The van der Waals surface area contributed by atoms with Gasteiger partial charge in [0.25, 0.3) is 0 Å². The molecule has 2 aliphatic heterocycles. The van der Waals surface area contributed by atoms with Gasteiger partial charge in [-0.3, -0.25) is 9.88 Å². The highest BCUT2D eigenvalue weighted by molar-refractivity contribution is 5.95. The van der Waals surface area contributed by atoms with Crippen molar-refractivity contribution < 1.29 is 37.3 Å². The summed E-state index contributed by atoms with van der Waals surface area (Å²) in [6, 6.07) is 12.3. The summed E-state index contributed by atoms with van der Waals surface area (Å²) < 4.78 is 57.9. The number of nitrogens with one attached hydrogen (secondary N) is 2. The van der Waals surface area contributed by atoms with Crippen molar-refractivity contribution in [3.05, 3.63) is 78.0 Å². The number of amides is 2. The minimum Gasteiger partial charge on any atom is -0.489 e. The van der Waals surface area contributed by atoms with E-state index in [1.54, 1.807) is 43.5 Å². The molecule has 6 rings (SSSR count). The van der Waals surface area contributed by atoms with Crippen molar-refractivity contribution in [3.63, 3.8) is 0 Å². The smallest absolute Gasteiger partial charge is 0.319 e. The lowest BCUT2D eigenvalue weighted by molar-refractivity contribution is 0.0357. The summed E-state index contributed by atoms with van der Waals surface area (Å²) in [5, 5.41) is 5.79. The first-order chi connectivity index (χ1) is 21.9. The highest BCUT2D eigenvalue weighted by Crippen LogP contribution is 2.48. The topological polar surface area (TPSA) is 103 Å². The molecule has 0 bridgehead atoms. The van der Waals surface area contributed by atoms with Crippen LogP contribution >= 0.6 is 0 Å². The summed E-state index contributed by atoms with van der Waals surface area (Å²) in [5.41, 5.74) is 1.25. The molecule has 1 aromatic heterocycles. The Kier molecular flexibility index (Phi) is 9.41. The van der Waals surface area contributed by atoms with Crippen molar-refractivity contribution in [2.24, 2.45) is 0 Å². The van der Waals surface area contributed by atoms with Crippen LogP contribution in [0.5, 0.6) is 28.7 Å². The molecule has 2 N–H and O–H groups in total. The van der Waals surface area contributed by atoms with Gasteiger partial charge < -0.3 is 34.3 Å². The third-order valence-electron chi connectivity index (χ3n) is 7.56. The lowest BCUT2D eigenvalue weighted by Gasteiger charge is -2.26. The number of anilines is 1. The average molecular weight is 621 g/mol. The van der Waals surface area contributed by atoms with Crippen molar-refractivity contribution >= 4 is 22.6 Å². The van der Waals surface area contributed by atoms with Gasteiger partial charge in [-0.25, -0.2) is 13.6 Å². The number of aromatic nitrogens is 1. The van der Waals surface area contributed by atoms with Crippen molar-refractivity contribution in [1.29, 1.82) is 0 Å². The van der Waals surface area contributed by atoms with E-state index in [1.165, 1.54) is 24.3 Å². The molecular formula is C33H34F2N4O6. The standard InChI is InChI=1S/C33H34F2N4O6/c1-21(22-3-5-23(34)6-4-22)37-33(40)38-26-8-7-24(19-25(26)35)45-28-9-10-36-27-20-29(31-32(30(27)28)44-18-17-43-31)42-14-2-11-39-12-15-41-16-13-39/h3-10,19-21H,2,11-18H2,1H3,(H2,37,38,40)/t21-/m1/s1. The average Bonchev–Trinajstić information content (AvgIpc) is 3.05. The molecule has 2 amide bonds. The van der Waals surface area contributed by atoms with Crippen LogP contribution in [-0.2, 0) is 4.74 Å². The third-order valence-corrected chi connectivity index (χ3v) is 7.56. The van der Waals surface area contributed by atoms with Crippen LogP contribution in [0, 0.1) is 11.6 Å². The van der Waals surface area contributed by atoms with Crippen LogP contribution in [0.2, 0.25) is 0 Å². The molecule has 3 heterocycles. The number of rotatable bonds is 10. The minimum atomic E-state index is -0.690. The van der Waals surface area contributed by atoms with Crippen LogP contribution in [0.3, 0.4) is 0 Å². The number of carbonyl (C=O) groups is 1. The number of halogens is 2. The van der Waals surface area contributed by atoms with Crippen molar-refractivity contribution in [3.8, 4) is 28.7 Å². The summed E-state index contributed by atoms with van der Waals surface area (Å²) in [7, 11) is 0. The Morgan fingerprint density at radius 3 is 2.53 bits per heavy atom. The molecule has 1 fully saturated rings. The quantitative estimate of drug-likeness (QED) is 0.206. The number of ether oxygens (including phenoxy) is 5. The molecule has 0 spiro atoms. The Hall–Kier alpha value is -4.68. The molecule has 0 unspecified atom stereocenters. The Morgan fingerprint density at radius 1 is 0.978 bits per heavy atom. The van der Waals surface area contributed by atoms with Crippen LogP contribution in [0.1, 0.15) is 24.9 Å². The first-order valence-electron chi connectivity index (χ1n) is 14.9.